The molecule has 0 fully saturated rings. The molecule has 0 bridgehead atoms. The summed E-state index contributed by atoms with van der Waals surface area (Å²) in [5.74, 6) is 0.243. The van der Waals surface area contributed by atoms with E-state index in [0.717, 1.165) is 50.4 Å². The summed E-state index contributed by atoms with van der Waals surface area (Å²) in [6, 6.07) is 7.02. The Hall–Kier alpha value is -1.84. The van der Waals surface area contributed by atoms with Crippen LogP contribution in [0, 0.1) is 0 Å². The van der Waals surface area contributed by atoms with Crippen LogP contribution in [0.4, 0.5) is 0 Å². The van der Waals surface area contributed by atoms with E-state index in [9.17, 15) is 14.7 Å². The predicted octanol–water partition coefficient (Wildman–Crippen LogP) is 3.33. The van der Waals surface area contributed by atoms with Crippen LogP contribution in [0.1, 0.15) is 56.9 Å². The van der Waals surface area contributed by atoms with Gasteiger partial charge >= 0.3 is 0 Å². The molecule has 1 aromatic carbocycles. The molecule has 21 heavy (non-hydrogen) atoms. The van der Waals surface area contributed by atoms with Gasteiger partial charge in [-0.15, -0.1) is 0 Å². The SMILES string of the molecule is O=CCCCCCCCCC(=O)NCc1ccccc1O. The highest BCUT2D eigenvalue weighted by Gasteiger charge is 2.03. The van der Waals surface area contributed by atoms with Crippen LogP contribution in [0.2, 0.25) is 0 Å². The van der Waals surface area contributed by atoms with Gasteiger partial charge in [-0.2, -0.15) is 0 Å². The highest BCUT2D eigenvalue weighted by molar-refractivity contribution is 5.75. The molecule has 0 aromatic heterocycles. The number of phenolic OH excluding ortho intramolecular Hbond substituents is 1. The molecule has 2 N–H and O–H groups in total. The number of aldehydes is 1. The number of aromatic hydroxyl groups is 1. The fourth-order valence-electron chi connectivity index (χ4n) is 2.16. The van der Waals surface area contributed by atoms with Gasteiger partial charge in [0.05, 0.1) is 0 Å². The Morgan fingerprint density at radius 2 is 1.71 bits per heavy atom. The number of nitrogens with one attached hydrogen (secondary N) is 1. The Kier molecular flexibility index (Phi) is 8.93. The molecule has 0 aliphatic rings. The number of carbonyl (C=O) groups excluding carboxylic acids is 2. The molecule has 0 spiro atoms. The molecule has 0 heterocycles. The minimum absolute atomic E-state index is 0.0270. The van der Waals surface area contributed by atoms with Crippen molar-refractivity contribution in [2.45, 2.75) is 57.9 Å². The third-order valence-corrected chi connectivity index (χ3v) is 3.44. The second kappa shape index (κ2) is 10.9. The molecule has 4 heteroatoms. The molecule has 0 saturated carbocycles. The lowest BCUT2D eigenvalue weighted by atomic mass is 10.1. The first kappa shape index (κ1) is 17.2. The Morgan fingerprint density at radius 1 is 1.05 bits per heavy atom. The average molecular weight is 291 g/mol. The van der Waals surface area contributed by atoms with Crippen LogP contribution in [-0.4, -0.2) is 17.3 Å². The lowest BCUT2D eigenvalue weighted by Crippen LogP contribution is -2.22. The van der Waals surface area contributed by atoms with E-state index < -0.39 is 0 Å². The Morgan fingerprint density at radius 3 is 2.43 bits per heavy atom. The fourth-order valence-corrected chi connectivity index (χ4v) is 2.16. The van der Waals surface area contributed by atoms with Gasteiger partial charge < -0.3 is 15.2 Å². The number of carbonyl (C=O) groups is 2. The van der Waals surface area contributed by atoms with Gasteiger partial charge in [0.1, 0.15) is 12.0 Å². The van der Waals surface area contributed by atoms with Crippen LogP contribution in [-0.2, 0) is 16.1 Å². The first-order valence-corrected chi connectivity index (χ1v) is 7.71. The summed E-state index contributed by atoms with van der Waals surface area (Å²) >= 11 is 0. The van der Waals surface area contributed by atoms with Crippen molar-refractivity contribution < 1.29 is 14.7 Å². The Bertz CT molecular complexity index is 432. The van der Waals surface area contributed by atoms with Crippen LogP contribution in [0.3, 0.4) is 0 Å². The molecule has 1 aromatic rings. The van der Waals surface area contributed by atoms with E-state index >= 15 is 0 Å². The number of amides is 1. The molecular weight excluding hydrogens is 266 g/mol. The van der Waals surface area contributed by atoms with Gasteiger partial charge in [0, 0.05) is 24.9 Å². The quantitative estimate of drug-likeness (QED) is 0.485. The number of phenols is 1. The minimum atomic E-state index is 0.0270. The number of benzene rings is 1. The van der Waals surface area contributed by atoms with Gasteiger partial charge in [0.2, 0.25) is 5.91 Å². The van der Waals surface area contributed by atoms with Crippen molar-refractivity contribution >= 4 is 12.2 Å². The average Bonchev–Trinajstić information content (AvgIpc) is 2.49. The maximum atomic E-state index is 11.7. The first-order chi connectivity index (χ1) is 10.2. The lowest BCUT2D eigenvalue weighted by Gasteiger charge is -2.07. The molecular formula is C17H25NO3. The number of rotatable bonds is 11. The van der Waals surface area contributed by atoms with E-state index in [-0.39, 0.29) is 11.7 Å². The third kappa shape index (κ3) is 8.12. The highest BCUT2D eigenvalue weighted by atomic mass is 16.3. The third-order valence-electron chi connectivity index (χ3n) is 3.44. The van der Waals surface area contributed by atoms with E-state index in [2.05, 4.69) is 5.32 Å². The molecule has 116 valence electrons. The fraction of sp³-hybridized carbons (Fsp3) is 0.529. The minimum Gasteiger partial charge on any atom is -0.508 e. The summed E-state index contributed by atoms with van der Waals surface area (Å²) in [5, 5.41) is 12.4. The summed E-state index contributed by atoms with van der Waals surface area (Å²) in [6.45, 7) is 0.372. The van der Waals surface area contributed by atoms with Gasteiger partial charge in [-0.05, 0) is 18.9 Å². The normalized spacial score (nSPS) is 10.3. The van der Waals surface area contributed by atoms with Crippen LogP contribution in [0.25, 0.3) is 0 Å². The molecule has 0 aliphatic heterocycles. The number of para-hydroxylation sites is 1. The van der Waals surface area contributed by atoms with Crippen molar-refractivity contribution in [2.75, 3.05) is 0 Å². The number of hydrogen-bond donors (Lipinski definition) is 2. The maximum Gasteiger partial charge on any atom is 0.220 e. The Balaban J connectivity index is 2.02. The lowest BCUT2D eigenvalue weighted by molar-refractivity contribution is -0.121. The smallest absolute Gasteiger partial charge is 0.220 e. The Labute approximate surface area is 126 Å². The van der Waals surface area contributed by atoms with Gasteiger partial charge in [0.15, 0.2) is 0 Å². The van der Waals surface area contributed by atoms with E-state index in [1.807, 2.05) is 6.07 Å². The van der Waals surface area contributed by atoms with Crippen LogP contribution < -0.4 is 5.32 Å². The zero-order chi connectivity index (χ0) is 15.3. The molecule has 0 radical (unpaired) electrons. The largest absolute Gasteiger partial charge is 0.508 e. The molecule has 4 nitrogen and oxygen atoms in total. The van der Waals surface area contributed by atoms with Gasteiger partial charge in [-0.3, -0.25) is 4.79 Å². The van der Waals surface area contributed by atoms with E-state index in [1.165, 1.54) is 0 Å². The van der Waals surface area contributed by atoms with Crippen molar-refractivity contribution in [3.8, 4) is 5.75 Å². The van der Waals surface area contributed by atoms with E-state index in [4.69, 9.17) is 0 Å². The van der Waals surface area contributed by atoms with Crippen molar-refractivity contribution in [3.05, 3.63) is 29.8 Å². The second-order valence-corrected chi connectivity index (χ2v) is 5.23. The maximum absolute atomic E-state index is 11.7. The van der Waals surface area contributed by atoms with Crippen molar-refractivity contribution in [2.24, 2.45) is 0 Å². The summed E-state index contributed by atoms with van der Waals surface area (Å²) in [4.78, 5) is 21.8. The molecule has 1 rings (SSSR count). The summed E-state index contributed by atoms with van der Waals surface area (Å²) in [7, 11) is 0. The van der Waals surface area contributed by atoms with Crippen molar-refractivity contribution in [3.63, 3.8) is 0 Å². The molecule has 0 unspecified atom stereocenters. The molecule has 1 amide bonds. The first-order valence-electron chi connectivity index (χ1n) is 7.71. The standard InChI is InChI=1S/C17H25NO3/c19-13-9-5-3-1-2-4-6-12-17(21)18-14-15-10-7-8-11-16(15)20/h7-8,10-11,13,20H,1-6,9,12,14H2,(H,18,21). The summed E-state index contributed by atoms with van der Waals surface area (Å²) in [6.07, 6.45) is 8.42. The molecule has 0 atom stereocenters. The van der Waals surface area contributed by atoms with Crippen LogP contribution in [0.15, 0.2) is 24.3 Å². The van der Waals surface area contributed by atoms with Gasteiger partial charge in [0.25, 0.3) is 0 Å². The van der Waals surface area contributed by atoms with Crippen molar-refractivity contribution in [1.29, 1.82) is 0 Å². The zero-order valence-electron chi connectivity index (χ0n) is 12.5. The van der Waals surface area contributed by atoms with Gasteiger partial charge in [-0.1, -0.05) is 43.9 Å². The van der Waals surface area contributed by atoms with E-state index in [1.54, 1.807) is 18.2 Å². The zero-order valence-corrected chi connectivity index (χ0v) is 12.5. The highest BCUT2D eigenvalue weighted by Crippen LogP contribution is 2.15. The van der Waals surface area contributed by atoms with Gasteiger partial charge in [-0.25, -0.2) is 0 Å². The number of hydrogen-bond acceptors (Lipinski definition) is 3. The van der Waals surface area contributed by atoms with Crippen LogP contribution >= 0.6 is 0 Å². The predicted molar refractivity (Wildman–Crippen MR) is 83.0 cm³/mol. The van der Waals surface area contributed by atoms with Crippen molar-refractivity contribution in [1.82, 2.24) is 5.32 Å². The monoisotopic (exact) mass is 291 g/mol. The second-order valence-electron chi connectivity index (χ2n) is 5.23. The van der Waals surface area contributed by atoms with Crippen LogP contribution in [0.5, 0.6) is 5.75 Å². The van der Waals surface area contributed by atoms with E-state index in [0.29, 0.717) is 19.4 Å². The molecule has 0 aliphatic carbocycles. The molecule has 0 saturated heterocycles. The number of unbranched alkanes of at least 4 members (excludes halogenated alkanes) is 6. The topological polar surface area (TPSA) is 66.4 Å². The summed E-state index contributed by atoms with van der Waals surface area (Å²) in [5.41, 5.74) is 0.737. The summed E-state index contributed by atoms with van der Waals surface area (Å²) < 4.78 is 0.